The fourth-order valence-electron chi connectivity index (χ4n) is 3.51. The van der Waals surface area contributed by atoms with Crippen molar-refractivity contribution >= 4 is 11.3 Å². The number of hydrogen-bond donors (Lipinski definition) is 2. The van der Waals surface area contributed by atoms with Gasteiger partial charge in [0.2, 0.25) is 0 Å². The molecule has 0 aromatic carbocycles. The molecule has 0 unspecified atom stereocenters. The van der Waals surface area contributed by atoms with E-state index >= 15 is 0 Å². The van der Waals surface area contributed by atoms with Gasteiger partial charge in [-0.3, -0.25) is 0 Å². The summed E-state index contributed by atoms with van der Waals surface area (Å²) in [6, 6.07) is 0.992. The Morgan fingerprint density at radius 1 is 1.32 bits per heavy atom. The lowest BCUT2D eigenvalue weighted by atomic mass is 9.95. The van der Waals surface area contributed by atoms with E-state index < -0.39 is 0 Å². The molecule has 2 aliphatic rings. The number of aryl methyl sites for hydroxylation is 2. The quantitative estimate of drug-likeness (QED) is 0.891. The maximum Gasteiger partial charge on any atom is 0.0928 e. The van der Waals surface area contributed by atoms with Gasteiger partial charge >= 0.3 is 0 Å². The molecule has 0 spiro atoms. The standard InChI is InChI=1S/C15H24N2OS/c1-2-14-17-13-8-4-7-12(15(13)19-14)16-11-6-3-5-10(11)9-18/h10-12,16,18H,2-9H2,1H3/t10-,11-,12-/m1/s1. The highest BCUT2D eigenvalue weighted by Gasteiger charge is 2.31. The number of aliphatic hydroxyl groups is 1. The lowest BCUT2D eigenvalue weighted by Gasteiger charge is -2.28. The minimum absolute atomic E-state index is 0.333. The van der Waals surface area contributed by atoms with Crippen molar-refractivity contribution in [3.8, 4) is 0 Å². The minimum Gasteiger partial charge on any atom is -0.396 e. The Bertz CT molecular complexity index is 432. The van der Waals surface area contributed by atoms with Crippen LogP contribution < -0.4 is 5.32 Å². The first-order valence-electron chi connectivity index (χ1n) is 7.67. The van der Waals surface area contributed by atoms with Gasteiger partial charge in [0, 0.05) is 23.6 Å². The maximum absolute atomic E-state index is 9.45. The molecule has 3 atom stereocenters. The molecule has 1 heterocycles. The van der Waals surface area contributed by atoms with Gasteiger partial charge in [-0.05, 0) is 44.4 Å². The van der Waals surface area contributed by atoms with E-state index in [2.05, 4.69) is 12.2 Å². The van der Waals surface area contributed by atoms with Gasteiger partial charge in [0.05, 0.1) is 10.7 Å². The molecule has 0 amide bonds. The molecule has 2 N–H and O–H groups in total. The van der Waals surface area contributed by atoms with Crippen molar-refractivity contribution in [1.29, 1.82) is 0 Å². The Morgan fingerprint density at radius 2 is 2.21 bits per heavy atom. The van der Waals surface area contributed by atoms with Crippen LogP contribution in [-0.4, -0.2) is 22.7 Å². The monoisotopic (exact) mass is 280 g/mol. The van der Waals surface area contributed by atoms with E-state index in [0.29, 0.717) is 24.6 Å². The lowest BCUT2D eigenvalue weighted by Crippen LogP contribution is -2.37. The van der Waals surface area contributed by atoms with Crippen molar-refractivity contribution in [2.75, 3.05) is 6.61 Å². The molecule has 106 valence electrons. The van der Waals surface area contributed by atoms with E-state index in [0.717, 1.165) is 12.8 Å². The number of rotatable bonds is 4. The Labute approximate surface area is 119 Å². The van der Waals surface area contributed by atoms with Crippen molar-refractivity contribution in [3.63, 3.8) is 0 Å². The van der Waals surface area contributed by atoms with Crippen LogP contribution in [0.4, 0.5) is 0 Å². The number of aliphatic hydroxyl groups excluding tert-OH is 1. The van der Waals surface area contributed by atoms with E-state index in [1.807, 2.05) is 11.3 Å². The van der Waals surface area contributed by atoms with E-state index in [-0.39, 0.29) is 0 Å². The molecule has 2 aliphatic carbocycles. The van der Waals surface area contributed by atoms with Gasteiger partial charge in [0.1, 0.15) is 0 Å². The van der Waals surface area contributed by atoms with Crippen LogP contribution in [-0.2, 0) is 12.8 Å². The SMILES string of the molecule is CCc1nc2c(s1)[C@H](N[C@@H]1CCC[C@@H]1CO)CCC2. The molecule has 0 aliphatic heterocycles. The molecule has 3 nitrogen and oxygen atoms in total. The van der Waals surface area contributed by atoms with Gasteiger partial charge in [-0.25, -0.2) is 4.98 Å². The van der Waals surface area contributed by atoms with Gasteiger partial charge in [0.25, 0.3) is 0 Å². The minimum atomic E-state index is 0.333. The first kappa shape index (κ1) is 13.5. The summed E-state index contributed by atoms with van der Waals surface area (Å²) >= 11 is 1.90. The molecular weight excluding hydrogens is 256 g/mol. The van der Waals surface area contributed by atoms with Crippen LogP contribution in [0, 0.1) is 5.92 Å². The predicted octanol–water partition coefficient (Wildman–Crippen LogP) is 2.83. The van der Waals surface area contributed by atoms with Crippen LogP contribution in [0.15, 0.2) is 0 Å². The summed E-state index contributed by atoms with van der Waals surface area (Å²) in [6.07, 6.45) is 8.32. The Hall–Kier alpha value is -0.450. The summed E-state index contributed by atoms with van der Waals surface area (Å²) in [7, 11) is 0. The number of hydrogen-bond acceptors (Lipinski definition) is 4. The zero-order chi connectivity index (χ0) is 13.2. The second kappa shape index (κ2) is 5.90. The van der Waals surface area contributed by atoms with Crippen molar-refractivity contribution in [2.45, 2.75) is 64.0 Å². The maximum atomic E-state index is 9.45. The largest absolute Gasteiger partial charge is 0.396 e. The third-order valence-electron chi connectivity index (χ3n) is 4.61. The van der Waals surface area contributed by atoms with E-state index in [4.69, 9.17) is 4.98 Å². The summed E-state index contributed by atoms with van der Waals surface area (Å²) in [5.74, 6) is 0.462. The number of nitrogens with zero attached hydrogens (tertiary/aromatic N) is 1. The highest BCUT2D eigenvalue weighted by atomic mass is 32.1. The topological polar surface area (TPSA) is 45.2 Å². The molecule has 0 bridgehead atoms. The Morgan fingerprint density at radius 3 is 3.00 bits per heavy atom. The highest BCUT2D eigenvalue weighted by Crippen LogP contribution is 2.36. The normalized spacial score (nSPS) is 30.5. The first-order valence-corrected chi connectivity index (χ1v) is 8.48. The average Bonchev–Trinajstić information content (AvgIpc) is 3.04. The van der Waals surface area contributed by atoms with Crippen LogP contribution in [0.2, 0.25) is 0 Å². The second-order valence-electron chi connectivity index (χ2n) is 5.86. The van der Waals surface area contributed by atoms with Crippen LogP contribution >= 0.6 is 11.3 Å². The number of fused-ring (bicyclic) bond motifs is 1. The van der Waals surface area contributed by atoms with Crippen molar-refractivity contribution < 1.29 is 5.11 Å². The van der Waals surface area contributed by atoms with Crippen LogP contribution in [0.5, 0.6) is 0 Å². The van der Waals surface area contributed by atoms with Gasteiger partial charge in [-0.2, -0.15) is 0 Å². The lowest BCUT2D eigenvalue weighted by molar-refractivity contribution is 0.197. The smallest absolute Gasteiger partial charge is 0.0928 e. The molecule has 19 heavy (non-hydrogen) atoms. The molecule has 1 fully saturated rings. The van der Waals surface area contributed by atoms with E-state index in [1.54, 1.807) is 0 Å². The van der Waals surface area contributed by atoms with E-state index in [1.165, 1.54) is 47.7 Å². The Balaban J connectivity index is 1.74. The fraction of sp³-hybridized carbons (Fsp3) is 0.800. The third-order valence-corrected chi connectivity index (χ3v) is 5.96. The molecule has 4 heteroatoms. The molecule has 1 aromatic rings. The van der Waals surface area contributed by atoms with E-state index in [9.17, 15) is 5.11 Å². The van der Waals surface area contributed by atoms with Gasteiger partial charge in [-0.15, -0.1) is 11.3 Å². The predicted molar refractivity (Wildman–Crippen MR) is 78.5 cm³/mol. The summed E-state index contributed by atoms with van der Waals surface area (Å²) in [6.45, 7) is 2.52. The second-order valence-corrected chi connectivity index (χ2v) is 6.98. The summed E-state index contributed by atoms with van der Waals surface area (Å²) < 4.78 is 0. The zero-order valence-corrected chi connectivity index (χ0v) is 12.5. The number of thiazole rings is 1. The average molecular weight is 280 g/mol. The third kappa shape index (κ3) is 2.71. The fourth-order valence-corrected chi connectivity index (χ4v) is 4.66. The van der Waals surface area contributed by atoms with Gasteiger partial charge in [-0.1, -0.05) is 13.3 Å². The van der Waals surface area contributed by atoms with Crippen molar-refractivity contribution in [3.05, 3.63) is 15.6 Å². The van der Waals surface area contributed by atoms with Crippen molar-refractivity contribution in [1.82, 2.24) is 10.3 Å². The van der Waals surface area contributed by atoms with Crippen LogP contribution in [0.25, 0.3) is 0 Å². The van der Waals surface area contributed by atoms with Gasteiger partial charge < -0.3 is 10.4 Å². The number of aromatic nitrogens is 1. The van der Waals surface area contributed by atoms with Gasteiger partial charge in [0.15, 0.2) is 0 Å². The molecular formula is C15H24N2OS. The number of nitrogens with one attached hydrogen (secondary N) is 1. The van der Waals surface area contributed by atoms with Crippen LogP contribution in [0.1, 0.15) is 60.6 Å². The highest BCUT2D eigenvalue weighted by molar-refractivity contribution is 7.11. The van der Waals surface area contributed by atoms with Crippen molar-refractivity contribution in [2.24, 2.45) is 5.92 Å². The zero-order valence-electron chi connectivity index (χ0n) is 11.7. The molecule has 3 rings (SSSR count). The summed E-state index contributed by atoms with van der Waals surface area (Å²) in [5.41, 5.74) is 1.34. The molecule has 1 aromatic heterocycles. The summed E-state index contributed by atoms with van der Waals surface area (Å²) in [5, 5.41) is 14.6. The molecule has 1 saturated carbocycles. The Kier molecular flexibility index (Phi) is 4.20. The van der Waals surface area contributed by atoms with Crippen LogP contribution in [0.3, 0.4) is 0 Å². The first-order chi connectivity index (χ1) is 9.31. The molecule has 0 saturated heterocycles. The molecule has 0 radical (unpaired) electrons. The summed E-state index contributed by atoms with van der Waals surface area (Å²) in [4.78, 5) is 6.24.